The smallest absolute Gasteiger partial charge is 0.309 e. The molecule has 13 heavy (non-hydrogen) atoms. The van der Waals surface area contributed by atoms with Crippen molar-refractivity contribution in [1.29, 1.82) is 0 Å². The van der Waals surface area contributed by atoms with Gasteiger partial charge in [0.25, 0.3) is 0 Å². The standard InChI is InChI=1S/C7H10O6/c8-3-1-2(7(12)13)4(9)6(11)5(3)10/h2,4-6,9-11H,1H2,(H,12,13)/t2-,4+,5?,6-/m0/s1. The summed E-state index contributed by atoms with van der Waals surface area (Å²) in [6.07, 6.45) is -5.42. The van der Waals surface area contributed by atoms with Crippen molar-refractivity contribution in [3.63, 3.8) is 0 Å². The number of carboxylic acid groups (broad SMARTS) is 1. The normalized spacial score (nSPS) is 40.4. The van der Waals surface area contributed by atoms with E-state index in [2.05, 4.69) is 0 Å². The Kier molecular flexibility index (Phi) is 2.65. The summed E-state index contributed by atoms with van der Waals surface area (Å²) in [7, 11) is 0. The maximum Gasteiger partial charge on any atom is 0.309 e. The largest absolute Gasteiger partial charge is 0.481 e. The van der Waals surface area contributed by atoms with Crippen LogP contribution in [0.4, 0.5) is 0 Å². The van der Waals surface area contributed by atoms with Crippen molar-refractivity contribution < 1.29 is 30.0 Å². The predicted molar refractivity (Wildman–Crippen MR) is 38.8 cm³/mol. The van der Waals surface area contributed by atoms with Gasteiger partial charge in [0.05, 0.1) is 12.0 Å². The van der Waals surface area contributed by atoms with Crippen LogP contribution >= 0.6 is 0 Å². The third-order valence-corrected chi connectivity index (χ3v) is 2.15. The van der Waals surface area contributed by atoms with Crippen molar-refractivity contribution in [3.8, 4) is 0 Å². The Morgan fingerprint density at radius 3 is 2.23 bits per heavy atom. The average Bonchev–Trinajstić information content (AvgIpc) is 2.07. The maximum absolute atomic E-state index is 10.9. The van der Waals surface area contributed by atoms with E-state index >= 15 is 0 Å². The zero-order valence-electron chi connectivity index (χ0n) is 6.62. The number of rotatable bonds is 1. The SMILES string of the molecule is O=C1C[C@H](C(=O)O)[C@@H](O)[C@H](O)C1O. The van der Waals surface area contributed by atoms with E-state index in [0.29, 0.717) is 0 Å². The van der Waals surface area contributed by atoms with Gasteiger partial charge in [0.15, 0.2) is 5.78 Å². The van der Waals surface area contributed by atoms with Crippen LogP contribution in [0.3, 0.4) is 0 Å². The summed E-state index contributed by atoms with van der Waals surface area (Å²) in [6, 6.07) is 0. The Morgan fingerprint density at radius 1 is 1.23 bits per heavy atom. The average molecular weight is 190 g/mol. The molecule has 0 aromatic heterocycles. The Balaban J connectivity index is 2.82. The van der Waals surface area contributed by atoms with Crippen molar-refractivity contribution >= 4 is 11.8 Å². The number of ketones is 1. The van der Waals surface area contributed by atoms with E-state index in [4.69, 9.17) is 20.4 Å². The molecule has 4 atom stereocenters. The Labute approximate surface area is 73.4 Å². The molecule has 0 aromatic rings. The molecule has 1 aliphatic rings. The molecule has 0 radical (unpaired) electrons. The minimum Gasteiger partial charge on any atom is -0.481 e. The minimum absolute atomic E-state index is 0.450. The van der Waals surface area contributed by atoms with Gasteiger partial charge in [-0.1, -0.05) is 0 Å². The molecule has 0 saturated heterocycles. The molecule has 0 heterocycles. The van der Waals surface area contributed by atoms with Gasteiger partial charge >= 0.3 is 5.97 Å². The highest BCUT2D eigenvalue weighted by molar-refractivity contribution is 5.89. The number of aliphatic carboxylic acids is 1. The third kappa shape index (κ3) is 1.69. The van der Waals surface area contributed by atoms with Gasteiger partial charge < -0.3 is 20.4 Å². The van der Waals surface area contributed by atoms with Gasteiger partial charge in [0.1, 0.15) is 12.2 Å². The molecule has 0 aliphatic heterocycles. The van der Waals surface area contributed by atoms with Gasteiger partial charge in [0.2, 0.25) is 0 Å². The minimum atomic E-state index is -1.71. The molecule has 6 nitrogen and oxygen atoms in total. The lowest BCUT2D eigenvalue weighted by Crippen LogP contribution is -2.53. The number of aliphatic hydroxyl groups excluding tert-OH is 3. The number of aliphatic hydroxyl groups is 3. The summed E-state index contributed by atoms with van der Waals surface area (Å²) in [5, 5.41) is 35.7. The molecule has 4 N–H and O–H groups in total. The van der Waals surface area contributed by atoms with Crippen molar-refractivity contribution in [2.24, 2.45) is 5.92 Å². The Morgan fingerprint density at radius 2 is 1.77 bits per heavy atom. The summed E-state index contributed by atoms with van der Waals surface area (Å²) in [5.41, 5.74) is 0. The topological polar surface area (TPSA) is 115 Å². The first-order valence-electron chi connectivity index (χ1n) is 3.75. The molecule has 0 aromatic carbocycles. The molecule has 0 amide bonds. The molecule has 1 aliphatic carbocycles. The zero-order chi connectivity index (χ0) is 10.2. The van der Waals surface area contributed by atoms with Gasteiger partial charge in [-0.2, -0.15) is 0 Å². The fourth-order valence-electron chi connectivity index (χ4n) is 1.31. The first-order chi connectivity index (χ1) is 5.95. The summed E-state index contributed by atoms with van der Waals surface area (Å²) in [4.78, 5) is 21.3. The molecule has 0 spiro atoms. The molecule has 6 heteroatoms. The number of carbonyl (C=O) groups excluding carboxylic acids is 1. The molecular formula is C7H10O6. The monoisotopic (exact) mass is 190 g/mol. The summed E-state index contributed by atoms with van der Waals surface area (Å²) in [5.74, 6) is -3.44. The number of Topliss-reactive ketones (excluding diaryl/α,β-unsaturated/α-hetero) is 1. The van der Waals surface area contributed by atoms with Crippen LogP contribution in [0, 0.1) is 5.92 Å². The summed E-state index contributed by atoms with van der Waals surface area (Å²) < 4.78 is 0. The Hall–Kier alpha value is -0.980. The molecule has 1 saturated carbocycles. The van der Waals surface area contributed by atoms with Crippen LogP contribution in [0.5, 0.6) is 0 Å². The summed E-state index contributed by atoms with van der Waals surface area (Å²) in [6.45, 7) is 0. The van der Waals surface area contributed by atoms with E-state index in [9.17, 15) is 9.59 Å². The first-order valence-corrected chi connectivity index (χ1v) is 3.75. The number of carbonyl (C=O) groups is 2. The van der Waals surface area contributed by atoms with Gasteiger partial charge in [-0.3, -0.25) is 9.59 Å². The maximum atomic E-state index is 10.9. The quantitative estimate of drug-likeness (QED) is 0.371. The second kappa shape index (κ2) is 3.41. The fourth-order valence-corrected chi connectivity index (χ4v) is 1.31. The van der Waals surface area contributed by atoms with E-state index in [1.807, 2.05) is 0 Å². The van der Waals surface area contributed by atoms with E-state index < -0.39 is 42.4 Å². The molecule has 0 bridgehead atoms. The van der Waals surface area contributed by atoms with Gasteiger partial charge in [-0.25, -0.2) is 0 Å². The predicted octanol–water partition coefficient (Wildman–Crippen LogP) is -2.26. The third-order valence-electron chi connectivity index (χ3n) is 2.15. The van der Waals surface area contributed by atoms with Crippen molar-refractivity contribution in [1.82, 2.24) is 0 Å². The Bertz CT molecular complexity index is 237. The van der Waals surface area contributed by atoms with E-state index in [-0.39, 0.29) is 0 Å². The lowest BCUT2D eigenvalue weighted by molar-refractivity contribution is -0.168. The van der Waals surface area contributed by atoms with Crippen LogP contribution in [-0.2, 0) is 9.59 Å². The van der Waals surface area contributed by atoms with Gasteiger partial charge in [-0.05, 0) is 0 Å². The van der Waals surface area contributed by atoms with Crippen LogP contribution in [0.15, 0.2) is 0 Å². The lowest BCUT2D eigenvalue weighted by Gasteiger charge is -2.31. The molecule has 1 fully saturated rings. The number of carboxylic acids is 1. The molecule has 74 valence electrons. The fraction of sp³-hybridized carbons (Fsp3) is 0.714. The highest BCUT2D eigenvalue weighted by Gasteiger charge is 2.44. The van der Waals surface area contributed by atoms with Crippen LogP contribution < -0.4 is 0 Å². The van der Waals surface area contributed by atoms with E-state index in [0.717, 1.165) is 0 Å². The van der Waals surface area contributed by atoms with Crippen LogP contribution in [0.25, 0.3) is 0 Å². The van der Waals surface area contributed by atoms with Crippen molar-refractivity contribution in [3.05, 3.63) is 0 Å². The van der Waals surface area contributed by atoms with Crippen LogP contribution in [-0.4, -0.2) is 50.5 Å². The zero-order valence-corrected chi connectivity index (χ0v) is 6.62. The van der Waals surface area contributed by atoms with E-state index in [1.165, 1.54) is 0 Å². The molecule has 1 rings (SSSR count). The lowest BCUT2D eigenvalue weighted by atomic mass is 9.82. The molecule has 1 unspecified atom stereocenters. The van der Waals surface area contributed by atoms with Crippen LogP contribution in [0.2, 0.25) is 0 Å². The highest BCUT2D eigenvalue weighted by Crippen LogP contribution is 2.23. The van der Waals surface area contributed by atoms with Crippen molar-refractivity contribution in [2.45, 2.75) is 24.7 Å². The number of hydrogen-bond acceptors (Lipinski definition) is 5. The number of hydrogen-bond donors (Lipinski definition) is 4. The van der Waals surface area contributed by atoms with E-state index in [1.54, 1.807) is 0 Å². The second-order valence-corrected chi connectivity index (χ2v) is 3.04. The first kappa shape index (κ1) is 10.1. The second-order valence-electron chi connectivity index (χ2n) is 3.04. The molecular weight excluding hydrogens is 180 g/mol. The van der Waals surface area contributed by atoms with Gasteiger partial charge in [0, 0.05) is 6.42 Å². The van der Waals surface area contributed by atoms with Gasteiger partial charge in [-0.15, -0.1) is 0 Å². The summed E-state index contributed by atoms with van der Waals surface area (Å²) >= 11 is 0. The van der Waals surface area contributed by atoms with Crippen molar-refractivity contribution in [2.75, 3.05) is 0 Å². The highest BCUT2D eigenvalue weighted by atomic mass is 16.4. The van der Waals surface area contributed by atoms with Crippen LogP contribution in [0.1, 0.15) is 6.42 Å².